The highest BCUT2D eigenvalue weighted by Crippen LogP contribution is 2.15. The predicted octanol–water partition coefficient (Wildman–Crippen LogP) is 0.817. The molecular weight excluding hydrogens is 196 g/mol. The predicted molar refractivity (Wildman–Crippen MR) is 52.1 cm³/mol. The number of nitrogens with zero attached hydrogens (tertiary/aromatic N) is 2. The third-order valence-electron chi connectivity index (χ3n) is 2.03. The molecule has 78 valence electrons. The van der Waals surface area contributed by atoms with E-state index in [1.807, 2.05) is 6.07 Å². The molecule has 0 atom stereocenters. The van der Waals surface area contributed by atoms with Crippen molar-refractivity contribution < 1.29 is 9.90 Å². The van der Waals surface area contributed by atoms with E-state index >= 15 is 0 Å². The van der Waals surface area contributed by atoms with Gasteiger partial charge in [-0.25, -0.2) is 0 Å². The zero-order valence-corrected chi connectivity index (χ0v) is 7.90. The second-order valence-electron chi connectivity index (χ2n) is 3.16. The number of aromatic nitrogens is 4. The third-order valence-corrected chi connectivity index (χ3v) is 2.03. The number of H-pyrrole nitrogens is 2. The fourth-order valence-electron chi connectivity index (χ4n) is 1.27. The summed E-state index contributed by atoms with van der Waals surface area (Å²) in [6, 6.07) is 1.83. The topological polar surface area (TPSA) is 94.7 Å². The fourth-order valence-corrected chi connectivity index (χ4v) is 1.27. The molecule has 2 heterocycles. The lowest BCUT2D eigenvalue weighted by molar-refractivity contribution is -0.136. The lowest BCUT2D eigenvalue weighted by atomic mass is 10.2. The van der Waals surface area contributed by atoms with Crippen LogP contribution >= 0.6 is 0 Å². The Hall–Kier alpha value is -2.11. The van der Waals surface area contributed by atoms with E-state index in [2.05, 4.69) is 20.4 Å². The number of carbonyl (C=O) groups is 1. The minimum Gasteiger partial charge on any atom is -0.481 e. The van der Waals surface area contributed by atoms with Gasteiger partial charge in [0, 0.05) is 17.5 Å². The molecule has 2 rings (SSSR count). The van der Waals surface area contributed by atoms with Gasteiger partial charge in [0.05, 0.1) is 18.3 Å². The molecule has 2 aromatic heterocycles. The maximum atomic E-state index is 10.4. The SMILES string of the molecule is O=C(O)CCc1cc(-c2cn[nH]c2)n[nH]1. The molecule has 0 aliphatic rings. The zero-order valence-electron chi connectivity index (χ0n) is 7.90. The summed E-state index contributed by atoms with van der Waals surface area (Å²) in [5.74, 6) is -0.811. The largest absolute Gasteiger partial charge is 0.481 e. The van der Waals surface area contributed by atoms with Gasteiger partial charge in [-0.15, -0.1) is 0 Å². The Morgan fingerprint density at radius 1 is 1.53 bits per heavy atom. The number of aliphatic carboxylic acids is 1. The van der Waals surface area contributed by atoms with Crippen molar-refractivity contribution in [2.75, 3.05) is 0 Å². The Balaban J connectivity index is 2.08. The molecule has 3 N–H and O–H groups in total. The summed E-state index contributed by atoms with van der Waals surface area (Å²) in [5, 5.41) is 21.9. The van der Waals surface area contributed by atoms with Gasteiger partial charge in [0.2, 0.25) is 0 Å². The Morgan fingerprint density at radius 3 is 3.07 bits per heavy atom. The molecule has 0 radical (unpaired) electrons. The van der Waals surface area contributed by atoms with Crippen molar-refractivity contribution >= 4 is 5.97 Å². The molecule has 0 aliphatic carbocycles. The van der Waals surface area contributed by atoms with Crippen LogP contribution in [-0.4, -0.2) is 31.5 Å². The first-order valence-electron chi connectivity index (χ1n) is 4.51. The molecule has 0 spiro atoms. The number of rotatable bonds is 4. The summed E-state index contributed by atoms with van der Waals surface area (Å²) in [5.41, 5.74) is 2.46. The normalized spacial score (nSPS) is 10.4. The van der Waals surface area contributed by atoms with Gasteiger partial charge in [-0.1, -0.05) is 0 Å². The van der Waals surface area contributed by atoms with E-state index in [4.69, 9.17) is 5.11 Å². The van der Waals surface area contributed by atoms with E-state index in [9.17, 15) is 4.79 Å². The Kier molecular flexibility index (Phi) is 2.49. The number of hydrogen-bond acceptors (Lipinski definition) is 3. The molecular formula is C9H10N4O2. The summed E-state index contributed by atoms with van der Waals surface area (Å²) in [7, 11) is 0. The third kappa shape index (κ3) is 2.22. The molecule has 6 heteroatoms. The number of hydrogen-bond donors (Lipinski definition) is 3. The molecule has 0 aliphatic heterocycles. The van der Waals surface area contributed by atoms with Crippen molar-refractivity contribution in [2.45, 2.75) is 12.8 Å². The summed E-state index contributed by atoms with van der Waals surface area (Å²) in [6.07, 6.45) is 3.96. The van der Waals surface area contributed by atoms with Crippen LogP contribution in [-0.2, 0) is 11.2 Å². The zero-order chi connectivity index (χ0) is 10.7. The lowest BCUT2D eigenvalue weighted by Gasteiger charge is -1.90. The van der Waals surface area contributed by atoms with Crippen LogP contribution < -0.4 is 0 Å². The monoisotopic (exact) mass is 206 g/mol. The molecule has 0 fully saturated rings. The van der Waals surface area contributed by atoms with E-state index in [1.165, 1.54) is 0 Å². The minimum atomic E-state index is -0.811. The molecule has 0 saturated heterocycles. The number of carboxylic acid groups (broad SMARTS) is 1. The standard InChI is InChI=1S/C9H10N4O2/c14-9(15)2-1-7-3-8(13-12-7)6-4-10-11-5-6/h3-5H,1-2H2,(H,10,11)(H,12,13)(H,14,15). The lowest BCUT2D eigenvalue weighted by Crippen LogP contribution is -1.97. The van der Waals surface area contributed by atoms with Crippen molar-refractivity contribution in [3.05, 3.63) is 24.2 Å². The second kappa shape index (κ2) is 3.95. The first-order chi connectivity index (χ1) is 7.25. The highest BCUT2D eigenvalue weighted by atomic mass is 16.4. The smallest absolute Gasteiger partial charge is 0.303 e. The van der Waals surface area contributed by atoms with Gasteiger partial charge in [-0.2, -0.15) is 10.2 Å². The van der Waals surface area contributed by atoms with Gasteiger partial charge in [0.25, 0.3) is 0 Å². The quantitative estimate of drug-likeness (QED) is 0.690. The fraction of sp³-hybridized carbons (Fsp3) is 0.222. The molecule has 0 saturated carbocycles. The van der Waals surface area contributed by atoms with Crippen LogP contribution in [0.2, 0.25) is 0 Å². The average Bonchev–Trinajstić information content (AvgIpc) is 2.85. The number of aryl methyl sites for hydroxylation is 1. The van der Waals surface area contributed by atoms with Crippen LogP contribution in [0.25, 0.3) is 11.3 Å². The molecule has 0 aromatic carbocycles. The van der Waals surface area contributed by atoms with Crippen LogP contribution in [0, 0.1) is 0 Å². The van der Waals surface area contributed by atoms with Gasteiger partial charge >= 0.3 is 5.97 Å². The van der Waals surface area contributed by atoms with E-state index in [1.54, 1.807) is 12.4 Å². The van der Waals surface area contributed by atoms with Crippen molar-refractivity contribution in [1.82, 2.24) is 20.4 Å². The molecule has 0 amide bonds. The van der Waals surface area contributed by atoms with E-state index < -0.39 is 5.97 Å². The molecule has 2 aromatic rings. The van der Waals surface area contributed by atoms with Gasteiger partial charge < -0.3 is 5.11 Å². The van der Waals surface area contributed by atoms with Crippen LogP contribution in [0.4, 0.5) is 0 Å². The highest BCUT2D eigenvalue weighted by molar-refractivity contribution is 5.67. The van der Waals surface area contributed by atoms with Gasteiger partial charge in [0.1, 0.15) is 0 Å². The van der Waals surface area contributed by atoms with Gasteiger partial charge in [-0.3, -0.25) is 15.0 Å². The Bertz CT molecular complexity index is 446. The molecule has 6 nitrogen and oxygen atoms in total. The summed E-state index contributed by atoms with van der Waals surface area (Å²) in [4.78, 5) is 10.4. The maximum absolute atomic E-state index is 10.4. The molecule has 0 bridgehead atoms. The first-order valence-corrected chi connectivity index (χ1v) is 4.51. The first kappa shape index (κ1) is 9.45. The van der Waals surface area contributed by atoms with Crippen molar-refractivity contribution in [3.8, 4) is 11.3 Å². The van der Waals surface area contributed by atoms with Crippen LogP contribution in [0.15, 0.2) is 18.5 Å². The van der Waals surface area contributed by atoms with Crippen LogP contribution in [0.5, 0.6) is 0 Å². The average molecular weight is 206 g/mol. The van der Waals surface area contributed by atoms with Gasteiger partial charge in [0.15, 0.2) is 0 Å². The van der Waals surface area contributed by atoms with E-state index in [0.29, 0.717) is 6.42 Å². The highest BCUT2D eigenvalue weighted by Gasteiger charge is 2.06. The maximum Gasteiger partial charge on any atom is 0.303 e. The Labute approximate surface area is 85.3 Å². The molecule has 0 unspecified atom stereocenters. The van der Waals surface area contributed by atoms with Crippen LogP contribution in [0.3, 0.4) is 0 Å². The number of aromatic amines is 2. The van der Waals surface area contributed by atoms with Crippen molar-refractivity contribution in [3.63, 3.8) is 0 Å². The van der Waals surface area contributed by atoms with Crippen LogP contribution in [0.1, 0.15) is 12.1 Å². The Morgan fingerprint density at radius 2 is 2.40 bits per heavy atom. The molecule has 15 heavy (non-hydrogen) atoms. The minimum absolute atomic E-state index is 0.104. The second-order valence-corrected chi connectivity index (χ2v) is 3.16. The number of nitrogens with one attached hydrogen (secondary N) is 2. The summed E-state index contributed by atoms with van der Waals surface area (Å²) >= 11 is 0. The van der Waals surface area contributed by atoms with Crippen molar-refractivity contribution in [2.24, 2.45) is 0 Å². The number of carboxylic acids is 1. The van der Waals surface area contributed by atoms with Crippen molar-refractivity contribution in [1.29, 1.82) is 0 Å². The summed E-state index contributed by atoms with van der Waals surface area (Å²) in [6.45, 7) is 0. The van der Waals surface area contributed by atoms with Gasteiger partial charge in [-0.05, 0) is 12.5 Å². The summed E-state index contributed by atoms with van der Waals surface area (Å²) < 4.78 is 0. The van der Waals surface area contributed by atoms with E-state index in [0.717, 1.165) is 17.0 Å². The van der Waals surface area contributed by atoms with E-state index in [-0.39, 0.29) is 6.42 Å².